The van der Waals surface area contributed by atoms with Gasteiger partial charge in [0.15, 0.2) is 11.5 Å². The molecule has 0 bridgehead atoms. The van der Waals surface area contributed by atoms with E-state index in [1.54, 1.807) is 12.1 Å². The molecule has 3 aliphatic rings. The summed E-state index contributed by atoms with van der Waals surface area (Å²) >= 11 is 0. The number of fused-ring (bicyclic) bond motifs is 1. The molecule has 31 heavy (non-hydrogen) atoms. The summed E-state index contributed by atoms with van der Waals surface area (Å²) < 4.78 is 10.8. The molecule has 0 N–H and O–H groups in total. The van der Waals surface area contributed by atoms with E-state index in [1.165, 1.54) is 6.26 Å². The van der Waals surface area contributed by atoms with Gasteiger partial charge in [-0.2, -0.15) is 0 Å². The number of esters is 1. The first-order chi connectivity index (χ1) is 15.1. The number of ether oxygens (including phenoxy) is 1. The van der Waals surface area contributed by atoms with E-state index in [9.17, 15) is 9.59 Å². The van der Waals surface area contributed by atoms with Gasteiger partial charge in [0, 0.05) is 30.9 Å². The van der Waals surface area contributed by atoms with Gasteiger partial charge in [-0.25, -0.2) is 9.79 Å². The molecule has 0 radical (unpaired) electrons. The van der Waals surface area contributed by atoms with E-state index < -0.39 is 5.97 Å². The molecular weight excluding hydrogens is 394 g/mol. The lowest BCUT2D eigenvalue weighted by atomic mass is 9.86. The monoisotopic (exact) mass is 419 g/mol. The van der Waals surface area contributed by atoms with Crippen molar-refractivity contribution in [2.45, 2.75) is 44.7 Å². The Bertz CT molecular complexity index is 1060. The van der Waals surface area contributed by atoms with E-state index in [2.05, 4.69) is 9.89 Å². The zero-order chi connectivity index (χ0) is 21.4. The highest BCUT2D eigenvalue weighted by molar-refractivity contribution is 6.11. The van der Waals surface area contributed by atoms with Crippen molar-refractivity contribution in [1.29, 1.82) is 0 Å². The highest BCUT2D eigenvalue weighted by Gasteiger charge is 2.40. The Balaban J connectivity index is 1.39. The molecule has 1 saturated carbocycles. The number of carbonyl (C=O) groups is 2. The number of aliphatic imine (C=N–C) groups is 1. The number of piperazine rings is 1. The summed E-state index contributed by atoms with van der Waals surface area (Å²) in [6.45, 7) is 3.21. The lowest BCUT2D eigenvalue weighted by molar-refractivity contribution is -0.130. The van der Waals surface area contributed by atoms with Crippen LogP contribution in [0.25, 0.3) is 0 Å². The van der Waals surface area contributed by atoms with Gasteiger partial charge in [0.25, 0.3) is 5.91 Å². The maximum Gasteiger partial charge on any atom is 0.365 e. The topological polar surface area (TPSA) is 75.4 Å². The Morgan fingerprint density at radius 2 is 1.97 bits per heavy atom. The van der Waals surface area contributed by atoms with Gasteiger partial charge in [-0.3, -0.25) is 4.79 Å². The summed E-state index contributed by atoms with van der Waals surface area (Å²) in [5.41, 5.74) is 2.18. The van der Waals surface area contributed by atoms with Crippen molar-refractivity contribution in [3.63, 3.8) is 0 Å². The van der Waals surface area contributed by atoms with Crippen LogP contribution in [0.5, 0.6) is 0 Å². The quantitative estimate of drug-likeness (QED) is 0.562. The molecule has 0 spiro atoms. The SMILES string of the molecule is Cc1cccc(C2=NC(=CN3CCN(C(=O)c4ccco4)C4CCCCC43)C(=O)O2)c1. The summed E-state index contributed by atoms with van der Waals surface area (Å²) in [5.74, 6) is 0.224. The van der Waals surface area contributed by atoms with Crippen LogP contribution in [0, 0.1) is 6.92 Å². The Hall–Kier alpha value is -3.35. The molecule has 1 amide bonds. The van der Waals surface area contributed by atoms with Crippen molar-refractivity contribution in [3.8, 4) is 0 Å². The van der Waals surface area contributed by atoms with Gasteiger partial charge in [-0.15, -0.1) is 0 Å². The number of cyclic esters (lactones) is 1. The van der Waals surface area contributed by atoms with Crippen LogP contribution in [-0.2, 0) is 9.53 Å². The molecule has 3 heterocycles. The first-order valence-electron chi connectivity index (χ1n) is 10.8. The number of furan rings is 1. The van der Waals surface area contributed by atoms with Crippen LogP contribution in [0.4, 0.5) is 0 Å². The van der Waals surface area contributed by atoms with Gasteiger partial charge in [0.05, 0.1) is 12.3 Å². The Morgan fingerprint density at radius 3 is 2.74 bits per heavy atom. The smallest absolute Gasteiger partial charge is 0.365 e. The van der Waals surface area contributed by atoms with Crippen molar-refractivity contribution in [3.05, 3.63) is 71.4 Å². The molecule has 1 aromatic carbocycles. The minimum atomic E-state index is -0.432. The normalized spacial score (nSPS) is 24.7. The van der Waals surface area contributed by atoms with Crippen molar-refractivity contribution < 1.29 is 18.7 Å². The highest BCUT2D eigenvalue weighted by atomic mass is 16.6. The zero-order valence-corrected chi connectivity index (χ0v) is 17.5. The van der Waals surface area contributed by atoms with E-state index in [0.717, 1.165) is 36.8 Å². The lowest BCUT2D eigenvalue weighted by Gasteiger charge is -2.49. The molecule has 7 nitrogen and oxygen atoms in total. The van der Waals surface area contributed by atoms with Crippen LogP contribution < -0.4 is 0 Å². The highest BCUT2D eigenvalue weighted by Crippen LogP contribution is 2.32. The number of hydrogen-bond acceptors (Lipinski definition) is 6. The second-order valence-corrected chi connectivity index (χ2v) is 8.32. The number of hydrogen-bond donors (Lipinski definition) is 0. The minimum Gasteiger partial charge on any atom is -0.459 e. The minimum absolute atomic E-state index is 0.0609. The van der Waals surface area contributed by atoms with Crippen molar-refractivity contribution in [2.75, 3.05) is 13.1 Å². The average Bonchev–Trinajstić information content (AvgIpc) is 3.44. The van der Waals surface area contributed by atoms with Gasteiger partial charge in [-0.05, 0) is 44.0 Å². The molecule has 1 saturated heterocycles. The average molecular weight is 419 g/mol. The first kappa shape index (κ1) is 19.6. The molecule has 2 aliphatic heterocycles. The molecule has 5 rings (SSSR count). The first-order valence-corrected chi connectivity index (χ1v) is 10.8. The van der Waals surface area contributed by atoms with E-state index in [0.29, 0.717) is 30.4 Å². The molecule has 2 unspecified atom stereocenters. The molecule has 1 aromatic heterocycles. The van der Waals surface area contributed by atoms with Crippen molar-refractivity contribution in [1.82, 2.24) is 9.80 Å². The maximum atomic E-state index is 12.9. The van der Waals surface area contributed by atoms with Crippen LogP contribution in [0.3, 0.4) is 0 Å². The summed E-state index contributed by atoms with van der Waals surface area (Å²) in [5, 5.41) is 0. The number of rotatable bonds is 3. The molecule has 2 atom stereocenters. The molecule has 7 heteroatoms. The van der Waals surface area contributed by atoms with E-state index >= 15 is 0 Å². The summed E-state index contributed by atoms with van der Waals surface area (Å²) in [6.07, 6.45) is 7.46. The lowest BCUT2D eigenvalue weighted by Crippen LogP contribution is -2.60. The molecule has 2 fully saturated rings. The van der Waals surface area contributed by atoms with E-state index in [1.807, 2.05) is 42.3 Å². The molecule has 2 aromatic rings. The van der Waals surface area contributed by atoms with E-state index in [4.69, 9.17) is 9.15 Å². The van der Waals surface area contributed by atoms with Crippen LogP contribution in [0.1, 0.15) is 47.4 Å². The summed E-state index contributed by atoms with van der Waals surface area (Å²) in [4.78, 5) is 34.0. The van der Waals surface area contributed by atoms with Crippen LogP contribution in [-0.4, -0.2) is 52.7 Å². The van der Waals surface area contributed by atoms with Crippen molar-refractivity contribution in [2.24, 2.45) is 4.99 Å². The van der Waals surface area contributed by atoms with Gasteiger partial charge >= 0.3 is 5.97 Å². The maximum absolute atomic E-state index is 12.9. The fourth-order valence-corrected chi connectivity index (χ4v) is 4.81. The largest absolute Gasteiger partial charge is 0.459 e. The van der Waals surface area contributed by atoms with E-state index in [-0.39, 0.29) is 18.0 Å². The fourth-order valence-electron chi connectivity index (χ4n) is 4.81. The summed E-state index contributed by atoms with van der Waals surface area (Å²) in [6, 6.07) is 11.4. The van der Waals surface area contributed by atoms with Crippen LogP contribution in [0.15, 0.2) is 64.0 Å². The summed E-state index contributed by atoms with van der Waals surface area (Å²) in [7, 11) is 0. The van der Waals surface area contributed by atoms with Crippen LogP contribution in [0.2, 0.25) is 0 Å². The fraction of sp³-hybridized carbons (Fsp3) is 0.375. The molecular formula is C24H25N3O4. The zero-order valence-electron chi connectivity index (χ0n) is 17.5. The van der Waals surface area contributed by atoms with Gasteiger partial charge in [0.1, 0.15) is 0 Å². The molecule has 1 aliphatic carbocycles. The predicted molar refractivity (Wildman–Crippen MR) is 114 cm³/mol. The Kier molecular flexibility index (Phi) is 5.10. The Labute approximate surface area is 181 Å². The second kappa shape index (κ2) is 8.06. The second-order valence-electron chi connectivity index (χ2n) is 8.32. The standard InChI is InChI=1S/C24H25N3O4/c1-16-6-4-7-17(14-16)22-25-18(24(29)31-22)15-26-11-12-27(20-9-3-2-8-19(20)26)23(28)21-10-5-13-30-21/h4-7,10,13-15,19-20H,2-3,8-9,11-12H2,1H3. The van der Waals surface area contributed by atoms with Gasteiger partial charge in [0.2, 0.25) is 5.90 Å². The third kappa shape index (κ3) is 3.76. The number of amides is 1. The Morgan fingerprint density at radius 1 is 1.13 bits per heavy atom. The third-order valence-corrected chi connectivity index (χ3v) is 6.29. The number of aryl methyl sites for hydroxylation is 1. The predicted octanol–water partition coefficient (Wildman–Crippen LogP) is 3.50. The number of carbonyl (C=O) groups excluding carboxylic acids is 2. The van der Waals surface area contributed by atoms with Gasteiger partial charge < -0.3 is 19.0 Å². The van der Waals surface area contributed by atoms with Crippen LogP contribution >= 0.6 is 0 Å². The van der Waals surface area contributed by atoms with Gasteiger partial charge in [-0.1, -0.05) is 30.5 Å². The number of nitrogens with zero attached hydrogens (tertiary/aromatic N) is 3. The van der Waals surface area contributed by atoms with Crippen molar-refractivity contribution >= 4 is 17.8 Å². The third-order valence-electron chi connectivity index (χ3n) is 6.29. The molecule has 160 valence electrons. The number of benzene rings is 1.